The minimum atomic E-state index is -1.12. The Morgan fingerprint density at radius 1 is 1.09 bits per heavy atom. The first-order valence-corrected chi connectivity index (χ1v) is 11.3. The second kappa shape index (κ2) is 7.98. The van der Waals surface area contributed by atoms with Crippen molar-refractivity contribution in [1.82, 2.24) is 4.90 Å². The van der Waals surface area contributed by atoms with E-state index in [2.05, 4.69) is 0 Å². The van der Waals surface area contributed by atoms with Gasteiger partial charge in [0.25, 0.3) is 11.8 Å². The molecule has 3 aromatic rings. The Balaban J connectivity index is 1.55. The Kier molecular flexibility index (Phi) is 5.13. The van der Waals surface area contributed by atoms with Crippen LogP contribution in [-0.4, -0.2) is 36.1 Å². The van der Waals surface area contributed by atoms with E-state index in [1.165, 1.54) is 23.9 Å². The summed E-state index contributed by atoms with van der Waals surface area (Å²) in [5.41, 5.74) is 2.75. The van der Waals surface area contributed by atoms with Crippen molar-refractivity contribution in [3.05, 3.63) is 95.3 Å². The molecule has 0 radical (unpaired) electrons. The quantitative estimate of drug-likeness (QED) is 0.593. The molecular formula is C25H21FN2O3S. The van der Waals surface area contributed by atoms with Crippen LogP contribution in [0.15, 0.2) is 72.8 Å². The number of rotatable bonds is 4. The van der Waals surface area contributed by atoms with E-state index in [4.69, 9.17) is 4.74 Å². The first-order chi connectivity index (χ1) is 15.5. The van der Waals surface area contributed by atoms with Crippen LogP contribution in [-0.2, 0) is 16.2 Å². The van der Waals surface area contributed by atoms with Crippen LogP contribution in [0.25, 0.3) is 0 Å². The third-order valence-corrected chi connectivity index (χ3v) is 7.33. The highest BCUT2D eigenvalue weighted by Gasteiger charge is 2.59. The number of ether oxygens (including phenoxy) is 1. The third-order valence-electron chi connectivity index (χ3n) is 5.91. The molecule has 162 valence electrons. The van der Waals surface area contributed by atoms with Gasteiger partial charge in [-0.25, -0.2) is 4.39 Å². The van der Waals surface area contributed by atoms with E-state index >= 15 is 0 Å². The molecule has 0 aromatic heterocycles. The average molecular weight is 449 g/mol. The SMILES string of the molecule is COc1ccc(C(=O)N2CCS[C@@]23C(=O)N(Cc2cccc(F)c2)c2ccccc23)cc1. The van der Waals surface area contributed by atoms with E-state index in [0.717, 1.165) is 11.3 Å². The lowest BCUT2D eigenvalue weighted by Gasteiger charge is -2.33. The number of fused-ring (bicyclic) bond motifs is 2. The highest BCUT2D eigenvalue weighted by atomic mass is 32.2. The lowest BCUT2D eigenvalue weighted by molar-refractivity contribution is -0.123. The van der Waals surface area contributed by atoms with Crippen molar-refractivity contribution in [2.24, 2.45) is 0 Å². The Bertz CT molecular complexity index is 1200. The predicted octanol–water partition coefficient (Wildman–Crippen LogP) is 4.42. The molecule has 2 aliphatic rings. The molecular weight excluding hydrogens is 427 g/mol. The van der Waals surface area contributed by atoms with Gasteiger partial charge in [0.2, 0.25) is 0 Å². The Hall–Kier alpha value is -3.32. The van der Waals surface area contributed by atoms with Crippen LogP contribution in [0.4, 0.5) is 10.1 Å². The number of para-hydroxylation sites is 1. The molecule has 2 heterocycles. The van der Waals surface area contributed by atoms with Crippen LogP contribution in [0.2, 0.25) is 0 Å². The Morgan fingerprint density at radius 3 is 2.62 bits per heavy atom. The van der Waals surface area contributed by atoms with Crippen LogP contribution in [0.5, 0.6) is 5.75 Å². The fourth-order valence-electron chi connectivity index (χ4n) is 4.43. The summed E-state index contributed by atoms with van der Waals surface area (Å²) in [6.07, 6.45) is 0. The largest absolute Gasteiger partial charge is 0.497 e. The molecule has 1 fully saturated rings. The molecule has 1 saturated heterocycles. The lowest BCUT2D eigenvalue weighted by Crippen LogP contribution is -2.50. The average Bonchev–Trinajstić information content (AvgIpc) is 3.36. The van der Waals surface area contributed by atoms with Gasteiger partial charge in [-0.1, -0.05) is 30.3 Å². The fraction of sp³-hybridized carbons (Fsp3) is 0.200. The zero-order valence-electron chi connectivity index (χ0n) is 17.5. The van der Waals surface area contributed by atoms with E-state index in [1.54, 1.807) is 53.3 Å². The van der Waals surface area contributed by atoms with Gasteiger partial charge in [0, 0.05) is 23.4 Å². The number of hydrogen-bond donors (Lipinski definition) is 0. The number of hydrogen-bond acceptors (Lipinski definition) is 4. The molecule has 5 rings (SSSR count). The van der Waals surface area contributed by atoms with Gasteiger partial charge in [-0.2, -0.15) is 0 Å². The van der Waals surface area contributed by atoms with Gasteiger partial charge >= 0.3 is 0 Å². The fourth-order valence-corrected chi connectivity index (χ4v) is 5.89. The first kappa shape index (κ1) is 20.6. The summed E-state index contributed by atoms with van der Waals surface area (Å²) in [4.78, 5) is 29.7. The van der Waals surface area contributed by atoms with Gasteiger partial charge in [-0.05, 0) is 48.0 Å². The minimum absolute atomic E-state index is 0.174. The second-order valence-electron chi connectivity index (χ2n) is 7.72. The summed E-state index contributed by atoms with van der Waals surface area (Å²) >= 11 is 1.47. The van der Waals surface area contributed by atoms with Crippen molar-refractivity contribution in [3.8, 4) is 5.75 Å². The number of halogens is 1. The topological polar surface area (TPSA) is 49.9 Å². The smallest absolute Gasteiger partial charge is 0.268 e. The number of amides is 2. The van der Waals surface area contributed by atoms with Crippen molar-refractivity contribution in [2.45, 2.75) is 11.4 Å². The minimum Gasteiger partial charge on any atom is -0.497 e. The summed E-state index contributed by atoms with van der Waals surface area (Å²) in [5.74, 6) is 0.593. The number of nitrogens with zero attached hydrogens (tertiary/aromatic N) is 2. The summed E-state index contributed by atoms with van der Waals surface area (Å²) in [5, 5.41) is 0. The third kappa shape index (κ3) is 3.15. The van der Waals surface area contributed by atoms with Gasteiger partial charge in [-0.3, -0.25) is 9.59 Å². The molecule has 2 aliphatic heterocycles. The van der Waals surface area contributed by atoms with Crippen molar-refractivity contribution in [1.29, 1.82) is 0 Å². The van der Waals surface area contributed by atoms with Gasteiger partial charge < -0.3 is 14.5 Å². The van der Waals surface area contributed by atoms with E-state index in [9.17, 15) is 14.0 Å². The maximum atomic E-state index is 13.9. The van der Waals surface area contributed by atoms with Crippen molar-refractivity contribution in [3.63, 3.8) is 0 Å². The van der Waals surface area contributed by atoms with Crippen LogP contribution < -0.4 is 9.64 Å². The first-order valence-electron chi connectivity index (χ1n) is 10.3. The predicted molar refractivity (Wildman–Crippen MR) is 122 cm³/mol. The molecule has 0 bridgehead atoms. The maximum absolute atomic E-state index is 13.9. The molecule has 0 N–H and O–H groups in total. The second-order valence-corrected chi connectivity index (χ2v) is 9.00. The van der Waals surface area contributed by atoms with Crippen LogP contribution >= 0.6 is 11.8 Å². The highest BCUT2D eigenvalue weighted by molar-refractivity contribution is 8.01. The number of anilines is 1. The summed E-state index contributed by atoms with van der Waals surface area (Å²) in [6, 6.07) is 20.7. The van der Waals surface area contributed by atoms with Gasteiger partial charge in [0.15, 0.2) is 4.87 Å². The molecule has 1 spiro atoms. The van der Waals surface area contributed by atoms with E-state index in [1.807, 2.05) is 24.3 Å². The number of carbonyl (C=O) groups excluding carboxylic acids is 2. The standard InChI is InChI=1S/C25H21FN2O3S/c1-31-20-11-9-18(10-12-20)23(29)28-13-14-32-25(28)21-7-2-3-8-22(21)27(24(25)30)16-17-5-4-6-19(26)15-17/h2-12,15H,13-14,16H2,1H3/t25-/m0/s1. The number of thioether (sulfide) groups is 1. The number of methoxy groups -OCH3 is 1. The van der Waals surface area contributed by atoms with Crippen LogP contribution in [0.1, 0.15) is 21.5 Å². The molecule has 0 aliphatic carbocycles. The van der Waals surface area contributed by atoms with Gasteiger partial charge in [0.05, 0.1) is 19.3 Å². The molecule has 0 saturated carbocycles. The van der Waals surface area contributed by atoms with E-state index in [-0.39, 0.29) is 24.2 Å². The van der Waals surface area contributed by atoms with Gasteiger partial charge in [-0.15, -0.1) is 11.8 Å². The van der Waals surface area contributed by atoms with Crippen LogP contribution in [0.3, 0.4) is 0 Å². The summed E-state index contributed by atoms with van der Waals surface area (Å²) in [6.45, 7) is 0.698. The highest BCUT2D eigenvalue weighted by Crippen LogP contribution is 2.54. The molecule has 5 nitrogen and oxygen atoms in total. The maximum Gasteiger partial charge on any atom is 0.268 e. The molecule has 1 atom stereocenters. The van der Waals surface area contributed by atoms with Gasteiger partial charge in [0.1, 0.15) is 11.6 Å². The molecule has 2 amide bonds. The zero-order valence-corrected chi connectivity index (χ0v) is 18.3. The molecule has 7 heteroatoms. The Morgan fingerprint density at radius 2 is 1.88 bits per heavy atom. The Labute approximate surface area is 189 Å². The normalized spacial score (nSPS) is 19.5. The lowest BCUT2D eigenvalue weighted by atomic mass is 10.0. The monoisotopic (exact) mass is 448 g/mol. The summed E-state index contributed by atoms with van der Waals surface area (Å²) in [7, 11) is 1.57. The molecule has 32 heavy (non-hydrogen) atoms. The van der Waals surface area contributed by atoms with Crippen molar-refractivity contribution < 1.29 is 18.7 Å². The van der Waals surface area contributed by atoms with E-state index in [0.29, 0.717) is 29.2 Å². The zero-order chi connectivity index (χ0) is 22.3. The van der Waals surface area contributed by atoms with Crippen LogP contribution in [0, 0.1) is 5.82 Å². The van der Waals surface area contributed by atoms with Crippen molar-refractivity contribution in [2.75, 3.05) is 24.3 Å². The molecule has 0 unspecified atom stereocenters. The van der Waals surface area contributed by atoms with Crippen molar-refractivity contribution >= 4 is 29.3 Å². The molecule has 3 aromatic carbocycles. The van der Waals surface area contributed by atoms with E-state index < -0.39 is 4.87 Å². The number of benzene rings is 3. The summed E-state index contributed by atoms with van der Waals surface area (Å²) < 4.78 is 19.0. The number of carbonyl (C=O) groups is 2.